The lowest BCUT2D eigenvalue weighted by Crippen LogP contribution is -2.19. The molecule has 0 saturated carbocycles. The summed E-state index contributed by atoms with van der Waals surface area (Å²) in [6.45, 7) is 4.82. The van der Waals surface area contributed by atoms with Gasteiger partial charge in [-0.15, -0.1) is 0 Å². The zero-order valence-corrected chi connectivity index (χ0v) is 15.8. The van der Waals surface area contributed by atoms with Crippen molar-refractivity contribution in [1.82, 2.24) is 15.0 Å². The molecule has 140 valence electrons. The van der Waals surface area contributed by atoms with Crippen LogP contribution in [0.4, 0.5) is 17.2 Å². The van der Waals surface area contributed by atoms with Gasteiger partial charge in [0.15, 0.2) is 11.6 Å². The zero-order chi connectivity index (χ0) is 19.5. The van der Waals surface area contributed by atoms with Gasteiger partial charge in [0.1, 0.15) is 17.5 Å². The molecular formula is C22H21N5O. The first-order valence-electron chi connectivity index (χ1n) is 9.13. The fourth-order valence-electron chi connectivity index (χ4n) is 3.18. The van der Waals surface area contributed by atoms with Gasteiger partial charge < -0.3 is 15.4 Å². The molecule has 6 heteroatoms. The SMILES string of the molecule is CCN(c1cccc(C)c1)c1ncnc(Oc2cccc3cccnc23)c1N. The summed E-state index contributed by atoms with van der Waals surface area (Å²) >= 11 is 0. The Morgan fingerprint density at radius 3 is 2.64 bits per heavy atom. The number of fused-ring (bicyclic) bond motifs is 1. The molecule has 28 heavy (non-hydrogen) atoms. The summed E-state index contributed by atoms with van der Waals surface area (Å²) < 4.78 is 6.05. The summed E-state index contributed by atoms with van der Waals surface area (Å²) in [5.74, 6) is 1.54. The van der Waals surface area contributed by atoms with Crippen LogP contribution >= 0.6 is 0 Å². The molecule has 2 aromatic heterocycles. The number of pyridine rings is 1. The van der Waals surface area contributed by atoms with Crippen LogP contribution in [-0.4, -0.2) is 21.5 Å². The van der Waals surface area contributed by atoms with Gasteiger partial charge in [-0.3, -0.25) is 4.98 Å². The summed E-state index contributed by atoms with van der Waals surface area (Å²) in [5.41, 5.74) is 9.75. The largest absolute Gasteiger partial charge is 0.435 e. The maximum absolute atomic E-state index is 6.42. The Labute approximate surface area is 163 Å². The maximum Gasteiger partial charge on any atom is 0.248 e. The van der Waals surface area contributed by atoms with Crippen LogP contribution in [0.15, 0.2) is 67.1 Å². The van der Waals surface area contributed by atoms with Gasteiger partial charge in [-0.25, -0.2) is 4.98 Å². The predicted octanol–water partition coefficient (Wildman–Crippen LogP) is 4.87. The second-order valence-electron chi connectivity index (χ2n) is 6.43. The average molecular weight is 371 g/mol. The highest BCUT2D eigenvalue weighted by Crippen LogP contribution is 2.36. The Kier molecular flexibility index (Phi) is 4.76. The van der Waals surface area contributed by atoms with Gasteiger partial charge in [-0.2, -0.15) is 4.98 Å². The fraction of sp³-hybridized carbons (Fsp3) is 0.136. The second kappa shape index (κ2) is 7.52. The Morgan fingerprint density at radius 2 is 1.82 bits per heavy atom. The summed E-state index contributed by atoms with van der Waals surface area (Å²) in [4.78, 5) is 15.1. The van der Waals surface area contributed by atoms with Gasteiger partial charge in [0.25, 0.3) is 0 Å². The first kappa shape index (κ1) is 17.7. The van der Waals surface area contributed by atoms with Crippen LogP contribution in [0.25, 0.3) is 10.9 Å². The minimum atomic E-state index is 0.314. The third kappa shape index (κ3) is 3.32. The smallest absolute Gasteiger partial charge is 0.248 e. The molecule has 0 spiro atoms. The van der Waals surface area contributed by atoms with Gasteiger partial charge >= 0.3 is 0 Å². The minimum Gasteiger partial charge on any atom is -0.435 e. The number of rotatable bonds is 5. The number of aryl methyl sites for hydroxylation is 1. The summed E-state index contributed by atoms with van der Waals surface area (Å²) in [6, 6.07) is 17.8. The molecule has 0 aliphatic rings. The molecule has 2 N–H and O–H groups in total. The Balaban J connectivity index is 1.74. The van der Waals surface area contributed by atoms with Crippen molar-refractivity contribution in [2.45, 2.75) is 13.8 Å². The van der Waals surface area contributed by atoms with E-state index in [2.05, 4.69) is 40.9 Å². The van der Waals surface area contributed by atoms with Crippen molar-refractivity contribution >= 4 is 28.1 Å². The van der Waals surface area contributed by atoms with Crippen LogP contribution in [-0.2, 0) is 0 Å². The lowest BCUT2D eigenvalue weighted by atomic mass is 10.2. The number of ether oxygens (including phenoxy) is 1. The molecule has 2 aromatic carbocycles. The lowest BCUT2D eigenvalue weighted by molar-refractivity contribution is 0.468. The van der Waals surface area contributed by atoms with Gasteiger partial charge in [0.05, 0.1) is 0 Å². The number of nitrogens with two attached hydrogens (primary N) is 1. The molecule has 2 heterocycles. The third-order valence-corrected chi connectivity index (χ3v) is 4.51. The van der Waals surface area contributed by atoms with Crippen molar-refractivity contribution in [2.24, 2.45) is 0 Å². The van der Waals surface area contributed by atoms with E-state index in [0.29, 0.717) is 29.7 Å². The molecule has 4 rings (SSSR count). The lowest BCUT2D eigenvalue weighted by Gasteiger charge is -2.24. The van der Waals surface area contributed by atoms with Crippen molar-refractivity contribution in [3.63, 3.8) is 0 Å². The molecule has 6 nitrogen and oxygen atoms in total. The highest BCUT2D eigenvalue weighted by Gasteiger charge is 2.18. The normalized spacial score (nSPS) is 10.8. The topological polar surface area (TPSA) is 77.2 Å². The summed E-state index contributed by atoms with van der Waals surface area (Å²) in [7, 11) is 0. The summed E-state index contributed by atoms with van der Waals surface area (Å²) in [6.07, 6.45) is 3.21. The van der Waals surface area contributed by atoms with Crippen molar-refractivity contribution in [2.75, 3.05) is 17.2 Å². The summed E-state index contributed by atoms with van der Waals surface area (Å²) in [5, 5.41) is 0.989. The van der Waals surface area contributed by atoms with Crippen molar-refractivity contribution < 1.29 is 4.74 Å². The molecule has 0 radical (unpaired) electrons. The Hall–Kier alpha value is -3.67. The van der Waals surface area contributed by atoms with Crippen LogP contribution in [0.1, 0.15) is 12.5 Å². The molecule has 0 saturated heterocycles. The molecule has 0 amide bonds. The number of benzene rings is 2. The third-order valence-electron chi connectivity index (χ3n) is 4.51. The van der Waals surface area contributed by atoms with E-state index in [9.17, 15) is 0 Å². The van der Waals surface area contributed by atoms with Crippen LogP contribution in [0.5, 0.6) is 11.6 Å². The van der Waals surface area contributed by atoms with E-state index in [1.54, 1.807) is 6.20 Å². The average Bonchev–Trinajstić information content (AvgIpc) is 2.71. The van der Waals surface area contributed by atoms with Gasteiger partial charge in [0.2, 0.25) is 5.88 Å². The molecule has 0 aliphatic carbocycles. The van der Waals surface area contributed by atoms with E-state index >= 15 is 0 Å². The number of nitrogen functional groups attached to an aromatic ring is 1. The van der Waals surface area contributed by atoms with Gasteiger partial charge in [-0.05, 0) is 43.7 Å². The van der Waals surface area contributed by atoms with Crippen molar-refractivity contribution in [3.05, 3.63) is 72.7 Å². The van der Waals surface area contributed by atoms with Crippen molar-refractivity contribution in [1.29, 1.82) is 0 Å². The highest BCUT2D eigenvalue weighted by atomic mass is 16.5. The number of nitrogens with zero attached hydrogens (tertiary/aromatic N) is 4. The second-order valence-corrected chi connectivity index (χ2v) is 6.43. The van der Waals surface area contributed by atoms with Gasteiger partial charge in [-0.1, -0.05) is 30.3 Å². The Bertz CT molecular complexity index is 1120. The number of hydrogen-bond acceptors (Lipinski definition) is 6. The predicted molar refractivity (Wildman–Crippen MR) is 112 cm³/mol. The Morgan fingerprint density at radius 1 is 1.00 bits per heavy atom. The van der Waals surface area contributed by atoms with E-state index in [4.69, 9.17) is 10.5 Å². The quantitative estimate of drug-likeness (QED) is 0.539. The molecule has 0 atom stereocenters. The van der Waals surface area contributed by atoms with E-state index in [1.165, 1.54) is 11.9 Å². The number of anilines is 3. The number of aromatic nitrogens is 3. The molecular weight excluding hydrogens is 350 g/mol. The molecule has 0 bridgehead atoms. The van der Waals surface area contributed by atoms with Crippen LogP contribution in [0.3, 0.4) is 0 Å². The van der Waals surface area contributed by atoms with Crippen LogP contribution in [0, 0.1) is 6.92 Å². The standard InChI is InChI=1S/C22H21N5O/c1-3-27(17-10-4-7-15(2)13-17)21-19(23)22(26-14-25-21)28-18-11-5-8-16-9-6-12-24-20(16)18/h4-14H,3,23H2,1-2H3. The molecule has 4 aromatic rings. The molecule has 0 aliphatic heterocycles. The van der Waals surface area contributed by atoms with Gasteiger partial charge in [0, 0.05) is 23.8 Å². The number of hydrogen-bond donors (Lipinski definition) is 1. The fourth-order valence-corrected chi connectivity index (χ4v) is 3.18. The minimum absolute atomic E-state index is 0.314. The monoisotopic (exact) mass is 371 g/mol. The number of para-hydroxylation sites is 1. The highest BCUT2D eigenvalue weighted by molar-refractivity contribution is 5.85. The molecule has 0 unspecified atom stereocenters. The maximum atomic E-state index is 6.42. The first-order chi connectivity index (χ1) is 13.7. The molecule has 0 fully saturated rings. The first-order valence-corrected chi connectivity index (χ1v) is 9.13. The zero-order valence-electron chi connectivity index (χ0n) is 15.8. The van der Waals surface area contributed by atoms with Crippen LogP contribution < -0.4 is 15.4 Å². The van der Waals surface area contributed by atoms with E-state index < -0.39 is 0 Å². The van der Waals surface area contributed by atoms with E-state index in [0.717, 1.165) is 16.6 Å². The van der Waals surface area contributed by atoms with E-state index in [-0.39, 0.29) is 0 Å². The van der Waals surface area contributed by atoms with E-state index in [1.807, 2.05) is 47.4 Å². The van der Waals surface area contributed by atoms with Crippen LogP contribution in [0.2, 0.25) is 0 Å². The van der Waals surface area contributed by atoms with Crippen molar-refractivity contribution in [3.8, 4) is 11.6 Å².